The molecule has 1 aromatic carbocycles. The minimum Gasteiger partial charge on any atom is -0.349 e. The third kappa shape index (κ3) is 2.41. The van der Waals surface area contributed by atoms with Crippen molar-refractivity contribution in [3.8, 4) is 17.1 Å². The molecule has 0 bridgehead atoms. The molecule has 1 aliphatic rings. The lowest BCUT2D eigenvalue weighted by Gasteiger charge is -2.09. The van der Waals surface area contributed by atoms with Crippen molar-refractivity contribution in [2.45, 2.75) is 6.54 Å². The Labute approximate surface area is 146 Å². The number of thiophene rings is 1. The summed E-state index contributed by atoms with van der Waals surface area (Å²) in [5.41, 5.74) is 2.51. The lowest BCUT2D eigenvalue weighted by molar-refractivity contribution is 0.793. The largest absolute Gasteiger partial charge is 0.349 e. The molecule has 0 saturated carbocycles. The first-order chi connectivity index (χ1) is 12.4. The third-order valence-electron chi connectivity index (χ3n) is 3.89. The zero-order valence-corrected chi connectivity index (χ0v) is 13.7. The Hall–Kier alpha value is -3.33. The lowest BCUT2D eigenvalue weighted by Crippen LogP contribution is -2.05. The summed E-state index contributed by atoms with van der Waals surface area (Å²) in [5, 5.41) is 20.7. The van der Waals surface area contributed by atoms with Crippen LogP contribution in [0.1, 0.15) is 4.88 Å². The minimum absolute atomic E-state index is 0.554. The second-order valence-electron chi connectivity index (χ2n) is 5.45. The molecule has 0 spiro atoms. The van der Waals surface area contributed by atoms with Crippen molar-refractivity contribution in [1.29, 1.82) is 0 Å². The van der Waals surface area contributed by atoms with Gasteiger partial charge in [0.1, 0.15) is 5.82 Å². The molecule has 25 heavy (non-hydrogen) atoms. The molecule has 3 aromatic heterocycles. The first-order valence-electron chi connectivity index (χ1n) is 7.67. The van der Waals surface area contributed by atoms with E-state index in [0.717, 1.165) is 16.9 Å². The molecule has 0 fully saturated rings. The van der Waals surface area contributed by atoms with Crippen LogP contribution >= 0.6 is 11.3 Å². The number of hydrogen-bond donors (Lipinski definition) is 2. The topological polar surface area (TPSA) is 93.4 Å². The molecule has 4 aromatic rings. The highest BCUT2D eigenvalue weighted by Gasteiger charge is 2.23. The highest BCUT2D eigenvalue weighted by molar-refractivity contribution is 7.09. The molecule has 0 saturated heterocycles. The van der Waals surface area contributed by atoms with E-state index in [1.165, 1.54) is 4.88 Å². The van der Waals surface area contributed by atoms with E-state index in [9.17, 15) is 0 Å². The Morgan fingerprint density at radius 3 is 3.04 bits per heavy atom. The Bertz CT molecular complexity index is 1040. The van der Waals surface area contributed by atoms with Crippen LogP contribution in [-0.2, 0) is 6.54 Å². The van der Waals surface area contributed by atoms with Crippen LogP contribution < -0.4 is 10.6 Å². The van der Waals surface area contributed by atoms with Gasteiger partial charge in [-0.1, -0.05) is 18.2 Å². The predicted molar refractivity (Wildman–Crippen MR) is 95.1 cm³/mol. The molecule has 0 radical (unpaired) electrons. The molecule has 0 atom stereocenters. The van der Waals surface area contributed by atoms with E-state index in [2.05, 4.69) is 42.2 Å². The molecule has 0 aliphatic carbocycles. The molecule has 0 amide bonds. The van der Waals surface area contributed by atoms with Crippen LogP contribution in [0.4, 0.5) is 17.5 Å². The first-order valence-corrected chi connectivity index (χ1v) is 8.55. The number of benzene rings is 1. The molecular formula is C16H12N8S. The van der Waals surface area contributed by atoms with Gasteiger partial charge in [-0.2, -0.15) is 9.67 Å². The number of rotatable bonds is 3. The Kier molecular flexibility index (Phi) is 3.17. The van der Waals surface area contributed by atoms with Crippen molar-refractivity contribution >= 4 is 28.8 Å². The van der Waals surface area contributed by atoms with Crippen LogP contribution in [-0.4, -0.2) is 30.2 Å². The molecule has 9 heteroatoms. The summed E-state index contributed by atoms with van der Waals surface area (Å²) < 4.78 is 1.69. The van der Waals surface area contributed by atoms with Gasteiger partial charge in [0.25, 0.3) is 0 Å². The molecule has 4 heterocycles. The predicted octanol–water partition coefficient (Wildman–Crippen LogP) is 2.85. The van der Waals surface area contributed by atoms with Crippen molar-refractivity contribution in [3.63, 3.8) is 0 Å². The fourth-order valence-corrected chi connectivity index (χ4v) is 3.36. The van der Waals surface area contributed by atoms with E-state index in [4.69, 9.17) is 0 Å². The quantitative estimate of drug-likeness (QED) is 0.518. The van der Waals surface area contributed by atoms with E-state index in [1.807, 2.05) is 35.7 Å². The average molecular weight is 348 g/mol. The zero-order chi connectivity index (χ0) is 16.6. The lowest BCUT2D eigenvalue weighted by atomic mass is 10.2. The second kappa shape index (κ2) is 5.64. The Morgan fingerprint density at radius 1 is 1.16 bits per heavy atom. The van der Waals surface area contributed by atoms with Crippen molar-refractivity contribution in [1.82, 2.24) is 30.2 Å². The van der Waals surface area contributed by atoms with E-state index in [0.29, 0.717) is 24.1 Å². The van der Waals surface area contributed by atoms with E-state index >= 15 is 0 Å². The van der Waals surface area contributed by atoms with E-state index in [1.54, 1.807) is 22.2 Å². The zero-order valence-electron chi connectivity index (χ0n) is 12.9. The number of aromatic nitrogens is 6. The van der Waals surface area contributed by atoms with Crippen LogP contribution in [0.15, 0.2) is 48.0 Å². The Morgan fingerprint density at radius 2 is 2.12 bits per heavy atom. The first kappa shape index (κ1) is 14.1. The SMILES string of the molecule is c1csc(CNc2ncc3c(n2)Nc2ccccc2-n2nnnc2-3)c1. The maximum absolute atomic E-state index is 4.61. The third-order valence-corrected chi connectivity index (χ3v) is 4.76. The Balaban J connectivity index is 1.56. The van der Waals surface area contributed by atoms with Crippen LogP contribution in [0, 0.1) is 0 Å². The average Bonchev–Trinajstić information content (AvgIpc) is 3.30. The summed E-state index contributed by atoms with van der Waals surface area (Å²) in [7, 11) is 0. The van der Waals surface area contributed by atoms with Gasteiger partial charge in [-0.25, -0.2) is 4.98 Å². The van der Waals surface area contributed by atoms with Crippen molar-refractivity contribution < 1.29 is 0 Å². The van der Waals surface area contributed by atoms with Gasteiger partial charge in [-0.15, -0.1) is 16.4 Å². The van der Waals surface area contributed by atoms with Crippen LogP contribution in [0.2, 0.25) is 0 Å². The molecule has 0 unspecified atom stereocenters. The van der Waals surface area contributed by atoms with Gasteiger partial charge in [0.15, 0.2) is 5.82 Å². The maximum Gasteiger partial charge on any atom is 0.224 e. The van der Waals surface area contributed by atoms with Gasteiger partial charge in [-0.3, -0.25) is 0 Å². The highest BCUT2D eigenvalue weighted by Crippen LogP contribution is 2.35. The van der Waals surface area contributed by atoms with Crippen molar-refractivity contribution in [2.24, 2.45) is 0 Å². The summed E-state index contributed by atoms with van der Waals surface area (Å²) in [6.45, 7) is 0.685. The molecule has 2 N–H and O–H groups in total. The summed E-state index contributed by atoms with van der Waals surface area (Å²) >= 11 is 1.69. The van der Waals surface area contributed by atoms with Gasteiger partial charge in [0.2, 0.25) is 5.95 Å². The van der Waals surface area contributed by atoms with Crippen LogP contribution in [0.25, 0.3) is 17.1 Å². The number of anilines is 3. The monoisotopic (exact) mass is 348 g/mol. The molecular weight excluding hydrogens is 336 g/mol. The molecule has 5 rings (SSSR count). The number of fused-ring (bicyclic) bond motifs is 5. The molecule has 1 aliphatic heterocycles. The van der Waals surface area contributed by atoms with Gasteiger partial charge in [-0.05, 0) is 34.0 Å². The highest BCUT2D eigenvalue weighted by atomic mass is 32.1. The van der Waals surface area contributed by atoms with Gasteiger partial charge < -0.3 is 10.6 Å². The van der Waals surface area contributed by atoms with Crippen molar-refractivity contribution in [2.75, 3.05) is 10.6 Å². The normalized spacial score (nSPS) is 11.7. The number of para-hydroxylation sites is 2. The summed E-state index contributed by atoms with van der Waals surface area (Å²) in [6, 6.07) is 11.9. The standard InChI is InChI=1S/C16H12N8S/c1-2-6-13-12(5-1)19-14-11(15-21-22-23-24(13)15)9-18-16(20-14)17-8-10-4-3-7-25-10/h1-7,9H,8H2,(H2,17,18,19,20). The number of nitrogens with one attached hydrogen (secondary N) is 2. The molecule has 122 valence electrons. The summed E-state index contributed by atoms with van der Waals surface area (Å²) in [4.78, 5) is 10.2. The summed E-state index contributed by atoms with van der Waals surface area (Å²) in [6.07, 6.45) is 1.74. The maximum atomic E-state index is 4.61. The summed E-state index contributed by atoms with van der Waals surface area (Å²) in [5.74, 6) is 1.83. The molecule has 8 nitrogen and oxygen atoms in total. The van der Waals surface area contributed by atoms with Crippen molar-refractivity contribution in [3.05, 3.63) is 52.9 Å². The fraction of sp³-hybridized carbons (Fsp3) is 0.0625. The number of hydrogen-bond acceptors (Lipinski definition) is 8. The number of nitrogens with zero attached hydrogens (tertiary/aromatic N) is 6. The second-order valence-corrected chi connectivity index (χ2v) is 6.48. The van der Waals surface area contributed by atoms with Gasteiger partial charge in [0, 0.05) is 11.1 Å². The smallest absolute Gasteiger partial charge is 0.224 e. The van der Waals surface area contributed by atoms with Crippen LogP contribution in [0.3, 0.4) is 0 Å². The van der Waals surface area contributed by atoms with E-state index < -0.39 is 0 Å². The fourth-order valence-electron chi connectivity index (χ4n) is 2.71. The van der Waals surface area contributed by atoms with Gasteiger partial charge in [0.05, 0.1) is 23.5 Å². The number of tetrazole rings is 1. The van der Waals surface area contributed by atoms with E-state index in [-0.39, 0.29) is 0 Å². The minimum atomic E-state index is 0.554. The van der Waals surface area contributed by atoms with Crippen LogP contribution in [0.5, 0.6) is 0 Å². The van der Waals surface area contributed by atoms with Gasteiger partial charge >= 0.3 is 0 Å².